The average Bonchev–Trinajstić information content (AvgIpc) is 3.08. The van der Waals surface area contributed by atoms with Crippen LogP contribution in [0.15, 0.2) is 29.3 Å². The van der Waals surface area contributed by atoms with E-state index in [1.807, 2.05) is 20.8 Å². The van der Waals surface area contributed by atoms with Crippen LogP contribution in [0, 0.1) is 5.41 Å². The third kappa shape index (κ3) is 3.20. The largest absolute Gasteiger partial charge is 0.492 e. The quantitative estimate of drug-likeness (QED) is 0.720. The van der Waals surface area contributed by atoms with Gasteiger partial charge < -0.3 is 10.4 Å². The Morgan fingerprint density at radius 1 is 1.37 bits per heavy atom. The first-order chi connectivity index (χ1) is 12.7. The molecule has 0 spiro atoms. The normalized spacial score (nSPS) is 14.6. The molecule has 0 aliphatic heterocycles. The smallest absolute Gasteiger partial charge is 0.270 e. The minimum Gasteiger partial charge on any atom is -0.492 e. The Hall–Kier alpha value is -3.10. The second-order valence-corrected chi connectivity index (χ2v) is 8.12. The topological polar surface area (TPSA) is 106 Å². The van der Waals surface area contributed by atoms with Gasteiger partial charge in [0, 0.05) is 31.0 Å². The molecule has 27 heavy (non-hydrogen) atoms. The Kier molecular flexibility index (Phi) is 3.83. The Bertz CT molecular complexity index is 1070. The van der Waals surface area contributed by atoms with Crippen molar-refractivity contribution in [3.05, 3.63) is 40.4 Å². The number of aromatic nitrogens is 5. The first-order valence-corrected chi connectivity index (χ1v) is 8.91. The van der Waals surface area contributed by atoms with E-state index in [0.717, 1.165) is 12.8 Å². The molecule has 0 saturated heterocycles. The van der Waals surface area contributed by atoms with Gasteiger partial charge in [-0.2, -0.15) is 9.61 Å². The Morgan fingerprint density at radius 3 is 2.70 bits per heavy atom. The number of amides is 1. The van der Waals surface area contributed by atoms with Crippen molar-refractivity contribution in [3.8, 4) is 11.7 Å². The van der Waals surface area contributed by atoms with E-state index in [4.69, 9.17) is 0 Å². The van der Waals surface area contributed by atoms with Crippen LogP contribution in [0.5, 0.6) is 5.88 Å². The lowest BCUT2D eigenvalue weighted by Crippen LogP contribution is -2.37. The van der Waals surface area contributed by atoms with Crippen LogP contribution in [0.2, 0.25) is 0 Å². The fraction of sp³-hybridized carbons (Fsp3) is 0.444. The van der Waals surface area contributed by atoms with Crippen LogP contribution >= 0.6 is 0 Å². The van der Waals surface area contributed by atoms with E-state index in [0.29, 0.717) is 18.0 Å². The Balaban J connectivity index is 1.95. The summed E-state index contributed by atoms with van der Waals surface area (Å²) >= 11 is 0. The van der Waals surface area contributed by atoms with Gasteiger partial charge >= 0.3 is 0 Å². The highest BCUT2D eigenvalue weighted by Gasteiger charge is 2.30. The summed E-state index contributed by atoms with van der Waals surface area (Å²) < 4.78 is 4.25. The molecule has 0 aromatic carbocycles. The number of fused-ring (bicyclic) bond motifs is 1. The number of carbonyl (C=O) groups excluding carboxylic acids is 1. The summed E-state index contributed by atoms with van der Waals surface area (Å²) in [6.45, 7) is 6.36. The molecule has 1 saturated carbocycles. The van der Waals surface area contributed by atoms with Crippen LogP contribution in [0.1, 0.15) is 44.0 Å². The summed E-state index contributed by atoms with van der Waals surface area (Å²) in [6, 6.07) is 3.49. The molecule has 142 valence electrons. The Labute approximate surface area is 155 Å². The first-order valence-electron chi connectivity index (χ1n) is 8.91. The van der Waals surface area contributed by atoms with E-state index in [9.17, 15) is 14.7 Å². The molecule has 3 heterocycles. The second kappa shape index (κ2) is 5.97. The molecular weight excluding hydrogens is 348 g/mol. The standard InChI is InChI=1S/C18H22N6O3/c1-18(2,3)10-22-13-9-12(23-8-4-7-19-23)21-24(13)17(27)14(16(22)26)15(25)20-11-5-6-11/h4,7-9,11,27H,5-6,10H2,1-3H3,(H,20,25). The molecule has 0 atom stereocenters. The van der Waals surface area contributed by atoms with Crippen LogP contribution in [-0.2, 0) is 6.54 Å². The number of hydrogen-bond acceptors (Lipinski definition) is 5. The van der Waals surface area contributed by atoms with Crippen molar-refractivity contribution in [3.63, 3.8) is 0 Å². The van der Waals surface area contributed by atoms with Crippen molar-refractivity contribution in [2.24, 2.45) is 5.41 Å². The van der Waals surface area contributed by atoms with Gasteiger partial charge in [0.15, 0.2) is 11.4 Å². The van der Waals surface area contributed by atoms with Gasteiger partial charge in [0.2, 0.25) is 5.88 Å². The van der Waals surface area contributed by atoms with Gasteiger partial charge in [0.1, 0.15) is 5.65 Å². The fourth-order valence-corrected chi connectivity index (χ4v) is 2.98. The molecule has 1 aliphatic rings. The number of rotatable bonds is 4. The van der Waals surface area contributed by atoms with Crippen LogP contribution < -0.4 is 10.9 Å². The lowest BCUT2D eigenvalue weighted by molar-refractivity contribution is 0.0944. The van der Waals surface area contributed by atoms with Gasteiger partial charge in [-0.3, -0.25) is 14.2 Å². The molecule has 3 aromatic heterocycles. The van der Waals surface area contributed by atoms with Gasteiger partial charge in [0.05, 0.1) is 0 Å². The van der Waals surface area contributed by atoms with Crippen molar-refractivity contribution in [1.82, 2.24) is 29.3 Å². The molecule has 3 aromatic rings. The number of carbonyl (C=O) groups is 1. The summed E-state index contributed by atoms with van der Waals surface area (Å²) in [7, 11) is 0. The minimum absolute atomic E-state index is 0.0697. The van der Waals surface area contributed by atoms with Gasteiger partial charge in [-0.15, -0.1) is 5.10 Å². The third-order valence-corrected chi connectivity index (χ3v) is 4.35. The number of nitrogens with zero attached hydrogens (tertiary/aromatic N) is 5. The van der Waals surface area contributed by atoms with Crippen molar-refractivity contribution in [2.75, 3.05) is 0 Å². The maximum atomic E-state index is 13.1. The van der Waals surface area contributed by atoms with Gasteiger partial charge in [-0.05, 0) is 24.3 Å². The predicted octanol–water partition coefficient (Wildman–Crippen LogP) is 1.33. The molecule has 1 fully saturated rings. The molecule has 9 heteroatoms. The SMILES string of the molecule is CC(C)(C)Cn1c(=O)c(C(=O)NC2CC2)c(O)n2nc(-n3cccn3)cc12. The number of nitrogens with one attached hydrogen (secondary N) is 1. The number of aromatic hydroxyl groups is 1. The Morgan fingerprint density at radius 2 is 2.11 bits per heavy atom. The zero-order valence-corrected chi connectivity index (χ0v) is 15.5. The number of hydrogen-bond donors (Lipinski definition) is 2. The maximum absolute atomic E-state index is 13.1. The van der Waals surface area contributed by atoms with Crippen LogP contribution in [0.3, 0.4) is 0 Å². The third-order valence-electron chi connectivity index (χ3n) is 4.35. The highest BCUT2D eigenvalue weighted by molar-refractivity contribution is 5.96. The van der Waals surface area contributed by atoms with Crippen molar-refractivity contribution in [1.29, 1.82) is 0 Å². The highest BCUT2D eigenvalue weighted by Crippen LogP contribution is 2.24. The monoisotopic (exact) mass is 370 g/mol. The molecule has 9 nitrogen and oxygen atoms in total. The van der Waals surface area contributed by atoms with E-state index < -0.39 is 17.3 Å². The summed E-state index contributed by atoms with van der Waals surface area (Å²) in [5.41, 5.74) is -0.628. The second-order valence-electron chi connectivity index (χ2n) is 8.12. The van der Waals surface area contributed by atoms with Crippen LogP contribution in [0.25, 0.3) is 11.5 Å². The summed E-state index contributed by atoms with van der Waals surface area (Å²) in [4.78, 5) is 25.7. The van der Waals surface area contributed by atoms with E-state index in [2.05, 4.69) is 15.5 Å². The van der Waals surface area contributed by atoms with Crippen LogP contribution in [-0.4, -0.2) is 41.0 Å². The molecule has 2 N–H and O–H groups in total. The molecule has 1 aliphatic carbocycles. The molecule has 0 unspecified atom stereocenters. The van der Waals surface area contributed by atoms with E-state index in [1.165, 1.54) is 13.8 Å². The summed E-state index contributed by atoms with van der Waals surface area (Å²) in [5, 5.41) is 21.9. The van der Waals surface area contributed by atoms with E-state index in [1.54, 1.807) is 24.5 Å². The van der Waals surface area contributed by atoms with Crippen molar-refractivity contribution >= 4 is 11.6 Å². The van der Waals surface area contributed by atoms with Crippen LogP contribution in [0.4, 0.5) is 0 Å². The molecule has 0 radical (unpaired) electrons. The lowest BCUT2D eigenvalue weighted by atomic mass is 9.97. The highest BCUT2D eigenvalue weighted by atomic mass is 16.3. The molecular formula is C18H22N6O3. The summed E-state index contributed by atoms with van der Waals surface area (Å²) in [6.07, 6.45) is 5.10. The predicted molar refractivity (Wildman–Crippen MR) is 98.2 cm³/mol. The zero-order chi connectivity index (χ0) is 19.3. The molecule has 1 amide bonds. The maximum Gasteiger partial charge on any atom is 0.270 e. The van der Waals surface area contributed by atoms with Crippen molar-refractivity contribution < 1.29 is 9.90 Å². The average molecular weight is 370 g/mol. The molecule has 4 rings (SSSR count). The van der Waals surface area contributed by atoms with E-state index >= 15 is 0 Å². The van der Waals surface area contributed by atoms with Gasteiger partial charge in [0.25, 0.3) is 11.5 Å². The van der Waals surface area contributed by atoms with Crippen molar-refractivity contribution in [2.45, 2.75) is 46.2 Å². The first kappa shape index (κ1) is 17.3. The van der Waals surface area contributed by atoms with E-state index in [-0.39, 0.29) is 17.0 Å². The fourth-order valence-electron chi connectivity index (χ4n) is 2.98. The lowest BCUT2D eigenvalue weighted by Gasteiger charge is -2.21. The zero-order valence-electron chi connectivity index (χ0n) is 15.5. The summed E-state index contributed by atoms with van der Waals surface area (Å²) in [5.74, 6) is -0.588. The minimum atomic E-state index is -0.569. The van der Waals surface area contributed by atoms with Gasteiger partial charge in [-0.25, -0.2) is 4.68 Å². The van der Waals surface area contributed by atoms with Gasteiger partial charge in [-0.1, -0.05) is 20.8 Å². The molecule has 0 bridgehead atoms.